The lowest BCUT2D eigenvalue weighted by molar-refractivity contribution is 0.627. The Kier molecular flexibility index (Phi) is 4.48. The lowest BCUT2D eigenvalue weighted by Gasteiger charge is -1.98. The first-order valence-electron chi connectivity index (χ1n) is 5.04. The predicted octanol–water partition coefficient (Wildman–Crippen LogP) is 4.28. The van der Waals surface area contributed by atoms with Crippen LogP contribution in [0.1, 0.15) is 11.4 Å². The van der Waals surface area contributed by atoms with E-state index in [1.165, 1.54) is 23.5 Å². The van der Waals surface area contributed by atoms with Gasteiger partial charge in [-0.05, 0) is 40.5 Å². The summed E-state index contributed by atoms with van der Waals surface area (Å²) in [6, 6.07) is 4.54. The zero-order valence-corrected chi connectivity index (χ0v) is 11.9. The predicted molar refractivity (Wildman–Crippen MR) is 72.0 cm³/mol. The maximum Gasteiger partial charge on any atom is 0.148 e. The highest BCUT2D eigenvalue weighted by Gasteiger charge is 2.10. The number of hydrogen-bond donors (Lipinski definition) is 0. The van der Waals surface area contributed by atoms with Crippen LogP contribution < -0.4 is 0 Å². The molecular formula is C11H9BrClFN2S. The summed E-state index contributed by atoms with van der Waals surface area (Å²) < 4.78 is 13.6. The zero-order chi connectivity index (χ0) is 12.3. The number of benzene rings is 1. The van der Waals surface area contributed by atoms with Crippen molar-refractivity contribution in [1.82, 2.24) is 10.2 Å². The second-order valence-corrected chi connectivity index (χ2v) is 5.71. The van der Waals surface area contributed by atoms with Gasteiger partial charge in [-0.3, -0.25) is 0 Å². The molecule has 0 saturated heterocycles. The Balaban J connectivity index is 2.24. The molecule has 1 aromatic heterocycles. The average molecular weight is 336 g/mol. The van der Waals surface area contributed by atoms with E-state index in [0.717, 1.165) is 28.4 Å². The van der Waals surface area contributed by atoms with Crippen molar-refractivity contribution in [1.29, 1.82) is 0 Å². The smallest absolute Gasteiger partial charge is 0.148 e. The topological polar surface area (TPSA) is 25.8 Å². The van der Waals surface area contributed by atoms with E-state index in [9.17, 15) is 4.39 Å². The van der Waals surface area contributed by atoms with Gasteiger partial charge in [0.2, 0.25) is 0 Å². The van der Waals surface area contributed by atoms with Gasteiger partial charge in [0.05, 0.1) is 0 Å². The van der Waals surface area contributed by atoms with Crippen LogP contribution in [-0.2, 0) is 6.42 Å². The summed E-state index contributed by atoms with van der Waals surface area (Å²) in [7, 11) is 0. The Morgan fingerprint density at radius 2 is 2.18 bits per heavy atom. The van der Waals surface area contributed by atoms with E-state index in [1.54, 1.807) is 6.07 Å². The molecule has 0 fully saturated rings. The van der Waals surface area contributed by atoms with E-state index in [0.29, 0.717) is 10.4 Å². The Hall–Kier alpha value is -0.520. The van der Waals surface area contributed by atoms with Gasteiger partial charge in [0.1, 0.15) is 15.8 Å². The van der Waals surface area contributed by atoms with Crippen molar-refractivity contribution in [3.05, 3.63) is 33.5 Å². The van der Waals surface area contributed by atoms with Crippen LogP contribution in [0.4, 0.5) is 4.39 Å². The van der Waals surface area contributed by atoms with Gasteiger partial charge in [-0.25, -0.2) is 4.39 Å². The first-order valence-corrected chi connectivity index (χ1v) is 7.19. The third kappa shape index (κ3) is 3.24. The molecule has 0 bridgehead atoms. The monoisotopic (exact) mass is 334 g/mol. The summed E-state index contributed by atoms with van der Waals surface area (Å²) in [6.45, 7) is 0. The number of halogens is 3. The van der Waals surface area contributed by atoms with E-state index < -0.39 is 0 Å². The van der Waals surface area contributed by atoms with Crippen molar-refractivity contribution in [3.63, 3.8) is 0 Å². The van der Waals surface area contributed by atoms with Crippen LogP contribution in [0.15, 0.2) is 22.7 Å². The van der Waals surface area contributed by atoms with Crippen molar-refractivity contribution in [2.45, 2.75) is 12.8 Å². The highest BCUT2D eigenvalue weighted by atomic mass is 79.9. The molecule has 2 rings (SSSR count). The molecule has 0 aliphatic heterocycles. The molecule has 2 aromatic rings. The van der Waals surface area contributed by atoms with E-state index in [4.69, 9.17) is 11.6 Å². The number of nitrogens with zero attached hydrogens (tertiary/aromatic N) is 2. The molecule has 0 unspecified atom stereocenters. The van der Waals surface area contributed by atoms with Crippen LogP contribution in [0, 0.1) is 5.82 Å². The molecule has 0 atom stereocenters. The fraction of sp³-hybridized carbons (Fsp3) is 0.273. The summed E-state index contributed by atoms with van der Waals surface area (Å²) in [5.41, 5.74) is 0.862. The molecule has 0 amide bonds. The molecule has 2 nitrogen and oxygen atoms in total. The minimum Gasteiger partial charge on any atom is -0.207 e. The van der Waals surface area contributed by atoms with Gasteiger partial charge >= 0.3 is 0 Å². The highest BCUT2D eigenvalue weighted by Crippen LogP contribution is 2.31. The van der Waals surface area contributed by atoms with E-state index in [-0.39, 0.29) is 5.82 Å². The van der Waals surface area contributed by atoms with Crippen molar-refractivity contribution < 1.29 is 4.39 Å². The lowest BCUT2D eigenvalue weighted by Crippen LogP contribution is -1.84. The van der Waals surface area contributed by atoms with Crippen molar-refractivity contribution in [2.75, 3.05) is 5.88 Å². The molecule has 0 spiro atoms. The summed E-state index contributed by atoms with van der Waals surface area (Å²) in [6.07, 6.45) is 1.72. The Morgan fingerprint density at radius 3 is 2.88 bits per heavy atom. The molecule has 0 radical (unpaired) electrons. The molecule has 0 N–H and O–H groups in total. The normalized spacial score (nSPS) is 10.8. The van der Waals surface area contributed by atoms with Crippen LogP contribution in [0.25, 0.3) is 10.6 Å². The Labute approximate surface area is 116 Å². The largest absolute Gasteiger partial charge is 0.207 e. The van der Waals surface area contributed by atoms with Gasteiger partial charge in [0.15, 0.2) is 0 Å². The first kappa shape index (κ1) is 12.9. The van der Waals surface area contributed by atoms with Gasteiger partial charge in [-0.15, -0.1) is 21.8 Å². The van der Waals surface area contributed by atoms with Crippen LogP contribution in [0.2, 0.25) is 0 Å². The third-order valence-electron chi connectivity index (χ3n) is 2.15. The fourth-order valence-electron chi connectivity index (χ4n) is 1.34. The highest BCUT2D eigenvalue weighted by molar-refractivity contribution is 9.10. The molecule has 90 valence electrons. The fourth-order valence-corrected chi connectivity index (χ4v) is 3.07. The summed E-state index contributed by atoms with van der Waals surface area (Å²) >= 11 is 10.5. The van der Waals surface area contributed by atoms with Gasteiger partial charge in [-0.1, -0.05) is 11.3 Å². The summed E-state index contributed by atoms with van der Waals surface area (Å²) in [4.78, 5) is 0. The van der Waals surface area contributed by atoms with Gasteiger partial charge in [0.25, 0.3) is 0 Å². The van der Waals surface area contributed by atoms with Crippen LogP contribution in [0.3, 0.4) is 0 Å². The van der Waals surface area contributed by atoms with Crippen LogP contribution in [0.5, 0.6) is 0 Å². The molecule has 1 heterocycles. The second-order valence-electron chi connectivity index (χ2n) is 3.42. The molecule has 6 heteroatoms. The maximum atomic E-state index is 13.0. The minimum atomic E-state index is -0.271. The van der Waals surface area contributed by atoms with Crippen molar-refractivity contribution in [2.24, 2.45) is 0 Å². The van der Waals surface area contributed by atoms with Crippen molar-refractivity contribution in [3.8, 4) is 10.6 Å². The van der Waals surface area contributed by atoms with Crippen LogP contribution in [-0.4, -0.2) is 16.1 Å². The minimum absolute atomic E-state index is 0.271. The first-order chi connectivity index (χ1) is 8.20. The summed E-state index contributed by atoms with van der Waals surface area (Å²) in [5.74, 6) is 0.349. The van der Waals surface area contributed by atoms with E-state index in [1.807, 2.05) is 0 Å². The second kappa shape index (κ2) is 5.89. The molecule has 0 aliphatic rings. The molecule has 1 aromatic carbocycles. The number of hydrogen-bond acceptors (Lipinski definition) is 3. The number of alkyl halides is 1. The summed E-state index contributed by atoms with van der Waals surface area (Å²) in [5, 5.41) is 9.94. The SMILES string of the molecule is Fc1ccc(-c2nnc(CCCCl)s2)c(Br)c1. The number of aromatic nitrogens is 2. The molecule has 17 heavy (non-hydrogen) atoms. The lowest BCUT2D eigenvalue weighted by atomic mass is 10.2. The van der Waals surface area contributed by atoms with Crippen LogP contribution >= 0.6 is 38.9 Å². The van der Waals surface area contributed by atoms with E-state index in [2.05, 4.69) is 26.1 Å². The van der Waals surface area contributed by atoms with Gasteiger partial charge < -0.3 is 0 Å². The Morgan fingerprint density at radius 1 is 1.35 bits per heavy atom. The quantitative estimate of drug-likeness (QED) is 0.779. The van der Waals surface area contributed by atoms with Gasteiger partial charge in [-0.2, -0.15) is 0 Å². The average Bonchev–Trinajstić information content (AvgIpc) is 2.75. The zero-order valence-electron chi connectivity index (χ0n) is 8.79. The maximum absolute atomic E-state index is 13.0. The number of rotatable bonds is 4. The molecule has 0 saturated carbocycles. The molecule has 0 aliphatic carbocycles. The van der Waals surface area contributed by atoms with E-state index >= 15 is 0 Å². The third-order valence-corrected chi connectivity index (χ3v) is 4.09. The van der Waals surface area contributed by atoms with Crippen molar-refractivity contribution >= 4 is 38.9 Å². The Bertz CT molecular complexity index is 518. The standard InChI is InChI=1S/C11H9BrClFN2S/c12-9-6-7(14)3-4-8(9)11-16-15-10(17-11)2-1-5-13/h3-4,6H,1-2,5H2. The molecular weight excluding hydrogens is 327 g/mol. The number of aryl methyl sites for hydroxylation is 1. The van der Waals surface area contributed by atoms with Gasteiger partial charge in [0, 0.05) is 22.3 Å².